The minimum atomic E-state index is 0.0372. The Kier molecular flexibility index (Phi) is 5.45. The first-order valence-corrected chi connectivity index (χ1v) is 8.95. The van der Waals surface area contributed by atoms with Crippen molar-refractivity contribution in [2.24, 2.45) is 0 Å². The highest BCUT2D eigenvalue weighted by Crippen LogP contribution is 2.23. The topological polar surface area (TPSA) is 20.3 Å². The summed E-state index contributed by atoms with van der Waals surface area (Å²) in [6.45, 7) is 0.623. The molecule has 1 aromatic heterocycles. The van der Waals surface area contributed by atoms with E-state index in [4.69, 9.17) is 0 Å². The molecule has 0 aliphatic carbocycles. The fraction of sp³-hybridized carbons (Fsp3) is 0.154. The zero-order valence-corrected chi connectivity index (χ0v) is 16.1. The lowest BCUT2D eigenvalue weighted by molar-refractivity contribution is 0.0785. The van der Waals surface area contributed by atoms with Crippen molar-refractivity contribution in [2.75, 3.05) is 7.05 Å². The van der Waals surface area contributed by atoms with Crippen molar-refractivity contribution < 1.29 is 4.79 Å². The van der Waals surface area contributed by atoms with E-state index >= 15 is 0 Å². The minimum absolute atomic E-state index is 0.0372. The first kappa shape index (κ1) is 15.5. The average Bonchev–Trinajstić information content (AvgIpc) is 2.77. The monoisotopic (exact) mass is 513 g/mol. The van der Waals surface area contributed by atoms with Gasteiger partial charge in [0.15, 0.2) is 0 Å². The van der Waals surface area contributed by atoms with Crippen LogP contribution in [0.1, 0.15) is 15.2 Å². The summed E-state index contributed by atoms with van der Waals surface area (Å²) in [6, 6.07) is 7.79. The van der Waals surface area contributed by atoms with E-state index in [-0.39, 0.29) is 5.91 Å². The number of benzene rings is 1. The van der Waals surface area contributed by atoms with Crippen LogP contribution in [-0.2, 0) is 6.54 Å². The van der Waals surface area contributed by atoms with Crippen LogP contribution < -0.4 is 0 Å². The third-order valence-corrected chi connectivity index (χ3v) is 5.64. The van der Waals surface area contributed by atoms with Crippen LogP contribution >= 0.6 is 65.8 Å². The number of carbonyl (C=O) groups excluding carboxylic acids is 1. The zero-order chi connectivity index (χ0) is 14.0. The van der Waals surface area contributed by atoms with Crippen molar-refractivity contribution >= 4 is 71.7 Å². The van der Waals surface area contributed by atoms with Crippen molar-refractivity contribution in [1.82, 2.24) is 4.90 Å². The SMILES string of the molecule is CN(Cc1cc(Br)cs1)C(=O)c1cc(Br)ccc1I. The predicted molar refractivity (Wildman–Crippen MR) is 94.7 cm³/mol. The number of hydrogen-bond acceptors (Lipinski definition) is 2. The lowest BCUT2D eigenvalue weighted by Gasteiger charge is -2.17. The van der Waals surface area contributed by atoms with Crippen molar-refractivity contribution in [3.05, 3.63) is 52.6 Å². The molecule has 0 spiro atoms. The van der Waals surface area contributed by atoms with Crippen molar-refractivity contribution in [2.45, 2.75) is 6.54 Å². The molecule has 2 rings (SSSR count). The van der Waals surface area contributed by atoms with E-state index in [0.29, 0.717) is 6.54 Å². The summed E-state index contributed by atoms with van der Waals surface area (Å²) in [5.74, 6) is 0.0372. The van der Waals surface area contributed by atoms with E-state index in [1.54, 1.807) is 16.2 Å². The number of amides is 1. The summed E-state index contributed by atoms with van der Waals surface area (Å²) < 4.78 is 2.94. The van der Waals surface area contributed by atoms with Crippen molar-refractivity contribution in [3.63, 3.8) is 0 Å². The molecule has 0 N–H and O–H groups in total. The molecular weight excluding hydrogens is 505 g/mol. The maximum absolute atomic E-state index is 12.4. The summed E-state index contributed by atoms with van der Waals surface area (Å²) in [5.41, 5.74) is 0.730. The van der Waals surface area contributed by atoms with Gasteiger partial charge in [0.1, 0.15) is 0 Å². The first-order valence-electron chi connectivity index (χ1n) is 5.41. The molecule has 0 saturated carbocycles. The largest absolute Gasteiger partial charge is 0.337 e. The molecule has 1 aromatic carbocycles. The maximum atomic E-state index is 12.4. The number of hydrogen-bond donors (Lipinski definition) is 0. The molecule has 0 radical (unpaired) electrons. The molecule has 0 saturated heterocycles. The molecule has 0 unspecified atom stereocenters. The highest BCUT2D eigenvalue weighted by atomic mass is 127. The summed E-state index contributed by atoms with van der Waals surface area (Å²) in [7, 11) is 1.83. The Hall–Kier alpha value is 0.0800. The van der Waals surface area contributed by atoms with E-state index in [9.17, 15) is 4.79 Å². The van der Waals surface area contributed by atoms with Gasteiger partial charge in [-0.25, -0.2) is 0 Å². The highest BCUT2D eigenvalue weighted by molar-refractivity contribution is 14.1. The van der Waals surface area contributed by atoms with Gasteiger partial charge in [-0.15, -0.1) is 11.3 Å². The van der Waals surface area contributed by atoms with E-state index < -0.39 is 0 Å². The molecule has 100 valence electrons. The molecule has 19 heavy (non-hydrogen) atoms. The smallest absolute Gasteiger partial charge is 0.255 e. The summed E-state index contributed by atoms with van der Waals surface area (Å²) >= 11 is 10.7. The molecule has 1 heterocycles. The summed E-state index contributed by atoms with van der Waals surface area (Å²) in [5, 5.41) is 2.02. The van der Waals surface area contributed by atoms with Crippen molar-refractivity contribution in [3.8, 4) is 0 Å². The molecular formula is C13H10Br2INOS. The fourth-order valence-electron chi connectivity index (χ4n) is 1.61. The molecule has 2 aromatic rings. The number of carbonyl (C=O) groups is 1. The molecule has 0 bridgehead atoms. The predicted octanol–water partition coefficient (Wildman–Crippen LogP) is 5.15. The molecule has 0 aliphatic rings. The number of halogens is 3. The second-order valence-corrected chi connectivity index (χ2v) is 8.01. The van der Waals surface area contributed by atoms with Gasteiger partial charge in [0.05, 0.1) is 12.1 Å². The van der Waals surface area contributed by atoms with Gasteiger partial charge in [-0.1, -0.05) is 15.9 Å². The Balaban J connectivity index is 2.16. The summed E-state index contributed by atoms with van der Waals surface area (Å²) in [4.78, 5) is 15.3. The van der Waals surface area contributed by atoms with E-state index in [1.165, 1.54) is 0 Å². The molecule has 1 amide bonds. The third kappa shape index (κ3) is 4.03. The molecule has 0 atom stereocenters. The lowest BCUT2D eigenvalue weighted by atomic mass is 10.2. The van der Waals surface area contributed by atoms with Gasteiger partial charge in [-0.05, 0) is 62.8 Å². The third-order valence-electron chi connectivity index (χ3n) is 2.52. The van der Waals surface area contributed by atoms with Gasteiger partial charge in [0.25, 0.3) is 5.91 Å². The maximum Gasteiger partial charge on any atom is 0.255 e. The second-order valence-electron chi connectivity index (χ2n) is 4.02. The average molecular weight is 515 g/mol. The van der Waals surface area contributed by atoms with Gasteiger partial charge in [-0.2, -0.15) is 0 Å². The molecule has 0 fully saturated rings. The first-order chi connectivity index (χ1) is 8.97. The Morgan fingerprint density at radius 2 is 2.05 bits per heavy atom. The Labute approximate surface area is 146 Å². The van der Waals surface area contributed by atoms with Gasteiger partial charge in [0.2, 0.25) is 0 Å². The Bertz CT molecular complexity index is 614. The molecule has 2 nitrogen and oxygen atoms in total. The van der Waals surface area contributed by atoms with Crippen LogP contribution in [0.15, 0.2) is 38.6 Å². The van der Waals surface area contributed by atoms with Crippen LogP contribution in [0, 0.1) is 3.57 Å². The standard InChI is InChI=1S/C13H10Br2INOS/c1-17(6-10-4-9(15)7-19-10)13(18)11-5-8(14)2-3-12(11)16/h2-5,7H,6H2,1H3. The van der Waals surface area contributed by atoms with E-state index in [0.717, 1.165) is 23.0 Å². The molecule has 0 aliphatic heterocycles. The fourth-order valence-corrected chi connectivity index (χ4v) is 4.04. The van der Waals surface area contributed by atoms with E-state index in [1.807, 2.05) is 36.7 Å². The Morgan fingerprint density at radius 1 is 1.32 bits per heavy atom. The summed E-state index contributed by atoms with van der Waals surface area (Å²) in [6.07, 6.45) is 0. The van der Waals surface area contributed by atoms with Crippen LogP contribution in [0.4, 0.5) is 0 Å². The number of nitrogens with zero attached hydrogens (tertiary/aromatic N) is 1. The normalized spacial score (nSPS) is 10.5. The van der Waals surface area contributed by atoms with Gasteiger partial charge >= 0.3 is 0 Å². The highest BCUT2D eigenvalue weighted by Gasteiger charge is 2.16. The zero-order valence-electron chi connectivity index (χ0n) is 9.99. The quantitative estimate of drug-likeness (QED) is 0.519. The molecule has 6 heteroatoms. The lowest BCUT2D eigenvalue weighted by Crippen LogP contribution is -2.26. The minimum Gasteiger partial charge on any atom is -0.337 e. The van der Waals surface area contributed by atoms with Crippen LogP contribution in [-0.4, -0.2) is 17.9 Å². The van der Waals surface area contributed by atoms with Crippen LogP contribution in [0.5, 0.6) is 0 Å². The number of rotatable bonds is 3. The Morgan fingerprint density at radius 3 is 2.68 bits per heavy atom. The van der Waals surface area contributed by atoms with Gasteiger partial charge < -0.3 is 4.90 Å². The second kappa shape index (κ2) is 6.69. The van der Waals surface area contributed by atoms with Crippen LogP contribution in [0.3, 0.4) is 0 Å². The van der Waals surface area contributed by atoms with Crippen LogP contribution in [0.25, 0.3) is 0 Å². The van der Waals surface area contributed by atoms with E-state index in [2.05, 4.69) is 54.5 Å². The number of thiophene rings is 1. The van der Waals surface area contributed by atoms with Gasteiger partial charge in [-0.3, -0.25) is 4.79 Å². The van der Waals surface area contributed by atoms with Crippen LogP contribution in [0.2, 0.25) is 0 Å². The van der Waals surface area contributed by atoms with Crippen molar-refractivity contribution in [1.29, 1.82) is 0 Å². The van der Waals surface area contributed by atoms with Gasteiger partial charge in [0, 0.05) is 29.8 Å².